The monoisotopic (exact) mass is 558 g/mol. The van der Waals surface area contributed by atoms with Crippen LogP contribution in [0.1, 0.15) is 42.5 Å². The first-order valence-electron chi connectivity index (χ1n) is 12.3. The first-order chi connectivity index (χ1) is 18.0. The number of sulfone groups is 1. The van der Waals surface area contributed by atoms with E-state index in [1.165, 1.54) is 12.1 Å². The van der Waals surface area contributed by atoms with Gasteiger partial charge in [-0.1, -0.05) is 19.9 Å². The smallest absolute Gasteiger partial charge is 0.245 e. The molecule has 200 valence electrons. The fourth-order valence-corrected chi connectivity index (χ4v) is 7.88. The van der Waals surface area contributed by atoms with Gasteiger partial charge in [-0.25, -0.2) is 17.8 Å². The van der Waals surface area contributed by atoms with E-state index in [0.717, 1.165) is 29.7 Å². The molecule has 0 radical (unpaired) electrons. The van der Waals surface area contributed by atoms with Crippen LogP contribution in [0, 0.1) is 11.7 Å². The third-order valence-corrected chi connectivity index (χ3v) is 9.81. The molecule has 1 atom stereocenters. The standard InChI is InChI=1S/C26H27FN4O5S2/c1-13(2)12-38(35,36)24(25(34)28-11-23(33)29-16-4-5-16)26-31-20-9-17(18(27)10-21(20)37-26)14-3-6-19-15(7-14)8-22(32)30-19/h3,6-7,9-10,13,16,24H,4-5,8,11-12H2,1-2H3,(H,28,34)(H,29,33)(H,30,32). The van der Waals surface area contributed by atoms with E-state index in [-0.39, 0.29) is 53.1 Å². The van der Waals surface area contributed by atoms with Crippen LogP contribution in [0.15, 0.2) is 30.3 Å². The number of aromatic nitrogens is 1. The minimum atomic E-state index is -3.99. The minimum absolute atomic E-state index is 0.0149. The first-order valence-corrected chi connectivity index (χ1v) is 14.8. The Balaban J connectivity index is 1.47. The zero-order valence-electron chi connectivity index (χ0n) is 20.8. The highest BCUT2D eigenvalue weighted by Gasteiger charge is 2.38. The Bertz CT molecular complexity index is 1560. The second-order valence-corrected chi connectivity index (χ2v) is 13.3. The molecule has 1 fully saturated rings. The predicted molar refractivity (Wildman–Crippen MR) is 143 cm³/mol. The molecule has 2 heterocycles. The summed E-state index contributed by atoms with van der Waals surface area (Å²) in [4.78, 5) is 41.3. The number of halogens is 1. The van der Waals surface area contributed by atoms with Crippen molar-refractivity contribution in [3.05, 3.63) is 46.7 Å². The van der Waals surface area contributed by atoms with Crippen LogP contribution >= 0.6 is 11.3 Å². The average molecular weight is 559 g/mol. The van der Waals surface area contributed by atoms with Crippen LogP contribution in [0.3, 0.4) is 0 Å². The van der Waals surface area contributed by atoms with E-state index in [1.807, 2.05) is 0 Å². The maximum absolute atomic E-state index is 15.2. The van der Waals surface area contributed by atoms with E-state index in [0.29, 0.717) is 21.5 Å². The van der Waals surface area contributed by atoms with Crippen molar-refractivity contribution in [3.63, 3.8) is 0 Å². The highest BCUT2D eigenvalue weighted by molar-refractivity contribution is 7.92. The maximum atomic E-state index is 15.2. The van der Waals surface area contributed by atoms with E-state index in [9.17, 15) is 22.8 Å². The number of hydrogen-bond acceptors (Lipinski definition) is 7. The van der Waals surface area contributed by atoms with Crippen LogP contribution in [0.5, 0.6) is 0 Å². The lowest BCUT2D eigenvalue weighted by Gasteiger charge is -2.16. The Labute approximate surface area is 223 Å². The quantitative estimate of drug-likeness (QED) is 0.370. The molecule has 2 aromatic carbocycles. The molecule has 0 spiro atoms. The van der Waals surface area contributed by atoms with E-state index < -0.39 is 26.8 Å². The summed E-state index contributed by atoms with van der Waals surface area (Å²) in [7, 11) is -3.99. The third kappa shape index (κ3) is 5.56. The van der Waals surface area contributed by atoms with Crippen molar-refractivity contribution in [1.29, 1.82) is 0 Å². The number of fused-ring (bicyclic) bond motifs is 2. The Morgan fingerprint density at radius 2 is 1.97 bits per heavy atom. The summed E-state index contributed by atoms with van der Waals surface area (Å²) in [5.74, 6) is -2.39. The number of carbonyl (C=O) groups excluding carboxylic acids is 3. The van der Waals surface area contributed by atoms with Crippen molar-refractivity contribution in [2.24, 2.45) is 5.92 Å². The topological polar surface area (TPSA) is 134 Å². The van der Waals surface area contributed by atoms with Gasteiger partial charge < -0.3 is 16.0 Å². The first kappa shape index (κ1) is 26.2. The summed E-state index contributed by atoms with van der Waals surface area (Å²) in [6, 6.07) is 8.04. The lowest BCUT2D eigenvalue weighted by Crippen LogP contribution is -2.42. The van der Waals surface area contributed by atoms with Gasteiger partial charge in [0.1, 0.15) is 10.8 Å². The second kappa shape index (κ2) is 10.1. The number of benzene rings is 2. The highest BCUT2D eigenvalue weighted by Crippen LogP contribution is 2.37. The molecule has 3 aromatic rings. The van der Waals surface area contributed by atoms with Gasteiger partial charge in [-0.3, -0.25) is 14.4 Å². The predicted octanol–water partition coefficient (Wildman–Crippen LogP) is 3.10. The number of nitrogens with zero attached hydrogens (tertiary/aromatic N) is 1. The number of thiazole rings is 1. The van der Waals surface area contributed by atoms with Gasteiger partial charge in [-0.05, 0) is 54.2 Å². The normalized spacial score (nSPS) is 15.8. The SMILES string of the molecule is CC(C)CS(=O)(=O)C(C(=O)NCC(=O)NC1CC1)c1nc2cc(-c3ccc4c(c3)CC(=O)N4)c(F)cc2s1. The lowest BCUT2D eigenvalue weighted by atomic mass is 10.0. The molecule has 38 heavy (non-hydrogen) atoms. The molecular weight excluding hydrogens is 531 g/mol. The average Bonchev–Trinajstić information content (AvgIpc) is 3.41. The Kier molecular flexibility index (Phi) is 6.95. The van der Waals surface area contributed by atoms with E-state index >= 15 is 4.39 Å². The van der Waals surface area contributed by atoms with Gasteiger partial charge in [0.15, 0.2) is 15.1 Å². The third-order valence-electron chi connectivity index (χ3n) is 6.29. The van der Waals surface area contributed by atoms with E-state index in [2.05, 4.69) is 20.9 Å². The molecular formula is C26H27FN4O5S2. The van der Waals surface area contributed by atoms with Crippen LogP contribution in [-0.4, -0.2) is 49.5 Å². The van der Waals surface area contributed by atoms with Gasteiger partial charge in [-0.15, -0.1) is 11.3 Å². The fourth-order valence-electron chi connectivity index (χ4n) is 4.45. The van der Waals surface area contributed by atoms with Gasteiger partial charge in [0.2, 0.25) is 17.7 Å². The van der Waals surface area contributed by atoms with Crippen LogP contribution in [0.4, 0.5) is 10.1 Å². The summed E-state index contributed by atoms with van der Waals surface area (Å²) < 4.78 is 42.1. The molecule has 0 saturated heterocycles. The number of hydrogen-bond donors (Lipinski definition) is 3. The Morgan fingerprint density at radius 3 is 2.68 bits per heavy atom. The second-order valence-electron chi connectivity index (χ2n) is 10.1. The van der Waals surface area contributed by atoms with Crippen LogP contribution in [-0.2, 0) is 30.6 Å². The molecule has 12 heteroatoms. The summed E-state index contributed by atoms with van der Waals surface area (Å²) in [5, 5.41) is 6.32. The van der Waals surface area contributed by atoms with Crippen molar-refractivity contribution >= 4 is 54.8 Å². The fraction of sp³-hybridized carbons (Fsp3) is 0.385. The number of anilines is 1. The van der Waals surface area contributed by atoms with Crippen molar-refractivity contribution < 1.29 is 27.2 Å². The molecule has 1 saturated carbocycles. The van der Waals surface area contributed by atoms with Gasteiger partial charge >= 0.3 is 0 Å². The van der Waals surface area contributed by atoms with Crippen LogP contribution < -0.4 is 16.0 Å². The highest BCUT2D eigenvalue weighted by atomic mass is 32.2. The minimum Gasteiger partial charge on any atom is -0.352 e. The molecule has 5 rings (SSSR count). The summed E-state index contributed by atoms with van der Waals surface area (Å²) >= 11 is 0.935. The number of amides is 3. The molecule has 3 N–H and O–H groups in total. The number of carbonyl (C=O) groups is 3. The number of rotatable bonds is 9. The molecule has 9 nitrogen and oxygen atoms in total. The van der Waals surface area contributed by atoms with Crippen molar-refractivity contribution in [3.8, 4) is 11.1 Å². The lowest BCUT2D eigenvalue weighted by molar-refractivity contribution is -0.126. The number of nitrogens with one attached hydrogen (secondary N) is 3. The summed E-state index contributed by atoms with van der Waals surface area (Å²) in [6.07, 6.45) is 1.97. The van der Waals surface area contributed by atoms with Crippen molar-refractivity contribution in [2.45, 2.75) is 44.4 Å². The van der Waals surface area contributed by atoms with Crippen molar-refractivity contribution in [1.82, 2.24) is 15.6 Å². The van der Waals surface area contributed by atoms with Gasteiger partial charge in [0.25, 0.3) is 0 Å². The van der Waals surface area contributed by atoms with E-state index in [4.69, 9.17) is 0 Å². The Hall–Kier alpha value is -3.38. The molecule has 1 unspecified atom stereocenters. The zero-order chi connectivity index (χ0) is 27.2. The Morgan fingerprint density at radius 1 is 1.21 bits per heavy atom. The largest absolute Gasteiger partial charge is 0.352 e. The molecule has 1 aromatic heterocycles. The molecule has 2 aliphatic rings. The van der Waals surface area contributed by atoms with Gasteiger partial charge in [0.05, 0.1) is 28.9 Å². The van der Waals surface area contributed by atoms with Crippen LogP contribution in [0.2, 0.25) is 0 Å². The van der Waals surface area contributed by atoms with Crippen molar-refractivity contribution in [2.75, 3.05) is 17.6 Å². The maximum Gasteiger partial charge on any atom is 0.245 e. The summed E-state index contributed by atoms with van der Waals surface area (Å²) in [5.41, 5.74) is 2.59. The van der Waals surface area contributed by atoms with Gasteiger partial charge in [-0.2, -0.15) is 0 Å². The summed E-state index contributed by atoms with van der Waals surface area (Å²) in [6.45, 7) is 3.12. The molecule has 1 aliphatic heterocycles. The van der Waals surface area contributed by atoms with Gasteiger partial charge in [0, 0.05) is 17.3 Å². The molecule has 1 aliphatic carbocycles. The van der Waals surface area contributed by atoms with Crippen LogP contribution in [0.25, 0.3) is 21.3 Å². The molecule has 3 amide bonds. The zero-order valence-corrected chi connectivity index (χ0v) is 22.5. The molecule has 0 bridgehead atoms. The van der Waals surface area contributed by atoms with E-state index in [1.54, 1.807) is 32.0 Å².